The van der Waals surface area contributed by atoms with Crippen LogP contribution in [0.4, 0.5) is 0 Å². The first-order valence-electron chi connectivity index (χ1n) is 23.6. The summed E-state index contributed by atoms with van der Waals surface area (Å²) in [4.78, 5) is 0. The van der Waals surface area contributed by atoms with Crippen molar-refractivity contribution in [2.45, 2.75) is 12.8 Å². The third-order valence-corrected chi connectivity index (χ3v) is 12.6. The molecule has 0 radical (unpaired) electrons. The number of benzene rings is 10. The predicted molar refractivity (Wildman–Crippen MR) is 293 cm³/mol. The molecule has 10 aromatic carbocycles. The van der Waals surface area contributed by atoms with Crippen molar-refractivity contribution in [3.63, 3.8) is 0 Å². The molecule has 0 atom stereocenters. The Bertz CT molecular complexity index is 3140. The van der Waals surface area contributed by atoms with E-state index in [1.165, 1.54) is 66.4 Å². The molecule has 0 aliphatic carbocycles. The minimum atomic E-state index is 0.912. The first-order chi connectivity index (χ1) is 33.7. The molecule has 0 unspecified atom stereocenters. The van der Waals surface area contributed by atoms with Gasteiger partial charge in [0, 0.05) is 0 Å². The first-order valence-corrected chi connectivity index (χ1v) is 23.6. The van der Waals surface area contributed by atoms with Crippen molar-refractivity contribution >= 4 is 58.4 Å². The molecule has 0 aliphatic rings. The maximum atomic E-state index is 2.34. The Kier molecular flexibility index (Phi) is 13.5. The average molecular weight is 869 g/mol. The van der Waals surface area contributed by atoms with Gasteiger partial charge in [0.15, 0.2) is 0 Å². The molecule has 10 rings (SSSR count). The second kappa shape index (κ2) is 21.2. The van der Waals surface area contributed by atoms with E-state index in [-0.39, 0.29) is 0 Å². The molecule has 0 aliphatic heterocycles. The maximum absolute atomic E-state index is 2.34. The molecule has 0 nitrogen and oxygen atoms in total. The summed E-state index contributed by atoms with van der Waals surface area (Å²) in [6.45, 7) is 0. The maximum Gasteiger partial charge on any atom is -0.00258 e. The van der Waals surface area contributed by atoms with Gasteiger partial charge in [0.1, 0.15) is 0 Å². The van der Waals surface area contributed by atoms with E-state index in [0.29, 0.717) is 0 Å². The van der Waals surface area contributed by atoms with Crippen LogP contribution in [0.25, 0.3) is 58.4 Å². The van der Waals surface area contributed by atoms with Gasteiger partial charge in [0.05, 0.1) is 0 Å². The number of hydrogen-bond acceptors (Lipinski definition) is 0. The van der Waals surface area contributed by atoms with Gasteiger partial charge in [-0.25, -0.2) is 0 Å². The molecule has 0 spiro atoms. The van der Waals surface area contributed by atoms with Gasteiger partial charge in [-0.1, -0.05) is 267 Å². The molecule has 0 saturated heterocycles. The van der Waals surface area contributed by atoms with E-state index in [1.54, 1.807) is 0 Å². The highest BCUT2D eigenvalue weighted by Gasteiger charge is 2.11. The van der Waals surface area contributed by atoms with Crippen molar-refractivity contribution in [2.75, 3.05) is 0 Å². The Labute approximate surface area is 401 Å². The minimum Gasteiger partial charge on any atom is -0.0622 e. The van der Waals surface area contributed by atoms with Crippen LogP contribution in [0.1, 0.15) is 77.9 Å². The summed E-state index contributed by atoms with van der Waals surface area (Å²) in [6.07, 6.45) is 15.6. The molecule has 10 aromatic rings. The van der Waals surface area contributed by atoms with Gasteiger partial charge >= 0.3 is 0 Å². The fourth-order valence-electron chi connectivity index (χ4n) is 8.99. The lowest BCUT2D eigenvalue weighted by molar-refractivity contribution is 1.19. The van der Waals surface area contributed by atoms with Crippen LogP contribution in [0.2, 0.25) is 0 Å². The zero-order valence-corrected chi connectivity index (χ0v) is 38.1. The van der Waals surface area contributed by atoms with Crippen LogP contribution in [0, 0.1) is 0 Å². The van der Waals surface area contributed by atoms with Crippen LogP contribution in [0.15, 0.2) is 255 Å². The van der Waals surface area contributed by atoms with E-state index in [1.807, 2.05) is 0 Å². The van der Waals surface area contributed by atoms with Crippen molar-refractivity contribution in [3.05, 3.63) is 333 Å². The minimum absolute atomic E-state index is 0.912. The lowest BCUT2D eigenvalue weighted by atomic mass is 9.92. The van der Waals surface area contributed by atoms with Crippen LogP contribution < -0.4 is 0 Å². The summed E-state index contributed by atoms with van der Waals surface area (Å²) in [7, 11) is 0. The van der Waals surface area contributed by atoms with Crippen molar-refractivity contribution in [2.24, 2.45) is 0 Å². The molecule has 0 saturated carbocycles. The molecule has 0 amide bonds. The van der Waals surface area contributed by atoms with E-state index in [0.717, 1.165) is 46.2 Å². The Morgan fingerprint density at radius 1 is 0.235 bits per heavy atom. The summed E-state index contributed by atoms with van der Waals surface area (Å²) < 4.78 is 0. The van der Waals surface area contributed by atoms with Crippen LogP contribution in [-0.4, -0.2) is 0 Å². The Balaban J connectivity index is 0.981. The summed E-state index contributed by atoms with van der Waals surface area (Å²) in [5.74, 6) is 0. The lowest BCUT2D eigenvalue weighted by Gasteiger charge is -2.12. The molecular weight excluding hydrogens is 817 g/mol. The number of hydrogen-bond donors (Lipinski definition) is 0. The monoisotopic (exact) mass is 868 g/mol. The highest BCUT2D eigenvalue weighted by Crippen LogP contribution is 2.32. The van der Waals surface area contributed by atoms with Crippen LogP contribution >= 0.6 is 0 Å². The van der Waals surface area contributed by atoms with E-state index in [9.17, 15) is 0 Å². The van der Waals surface area contributed by atoms with Crippen molar-refractivity contribution in [3.8, 4) is 0 Å². The fourth-order valence-corrected chi connectivity index (χ4v) is 8.99. The van der Waals surface area contributed by atoms with E-state index in [2.05, 4.69) is 291 Å². The highest BCUT2D eigenvalue weighted by molar-refractivity contribution is 5.96. The normalized spacial score (nSPS) is 12.0. The molecule has 0 heterocycles. The predicted octanol–water partition coefficient (Wildman–Crippen LogP) is 17.5. The van der Waals surface area contributed by atoms with Gasteiger partial charge in [-0.3, -0.25) is 0 Å². The largest absolute Gasteiger partial charge is 0.0622 e. The van der Waals surface area contributed by atoms with Crippen molar-refractivity contribution in [1.29, 1.82) is 0 Å². The second-order valence-electron chi connectivity index (χ2n) is 17.3. The Hall–Kier alpha value is -8.58. The molecule has 0 heteroatoms. The molecular formula is C68H52. The standard InChI is InChI=1S/C68H52/c1-5-19-51(20-6-1)45-53-33-37-59(38-34-53)67(57-25-9-3-10-26-57)49-63-31-15-13-23-55(63)41-43-65-47-61-29-17-18-30-62(61)48-66(65)44-42-56-24-14-16-32-64(56)50-68(58-27-11-4-12-28-58)60-39-35-54(36-40-60)46-52-21-7-2-8-22-52/h1-44,47-50H,45-46H2. The van der Waals surface area contributed by atoms with Crippen molar-refractivity contribution in [1.82, 2.24) is 0 Å². The smallest absolute Gasteiger partial charge is 0.00258 e. The average Bonchev–Trinajstić information content (AvgIpc) is 3.40. The van der Waals surface area contributed by atoms with Crippen LogP contribution in [-0.2, 0) is 12.8 Å². The molecule has 0 fully saturated rings. The van der Waals surface area contributed by atoms with Gasteiger partial charge in [-0.05, 0) is 137 Å². The SMILES string of the molecule is C(=Cc1cc2ccccc2cc1C=Cc1ccccc1C=C(c1ccccc1)c1ccc(Cc2ccccc2)cc1)c1ccccc1C=C(c1ccccc1)c1ccc(Cc2ccccc2)cc1. The summed E-state index contributed by atoms with van der Waals surface area (Å²) in [5.41, 5.74) is 19.3. The third-order valence-electron chi connectivity index (χ3n) is 12.6. The van der Waals surface area contributed by atoms with Crippen LogP contribution in [0.3, 0.4) is 0 Å². The second-order valence-corrected chi connectivity index (χ2v) is 17.3. The van der Waals surface area contributed by atoms with Gasteiger partial charge in [-0.15, -0.1) is 0 Å². The zero-order valence-electron chi connectivity index (χ0n) is 38.1. The molecule has 0 N–H and O–H groups in total. The highest BCUT2D eigenvalue weighted by atomic mass is 14.1. The Morgan fingerprint density at radius 2 is 0.515 bits per heavy atom. The van der Waals surface area contributed by atoms with Gasteiger partial charge in [0.2, 0.25) is 0 Å². The quantitative estimate of drug-likeness (QED) is 0.0955. The van der Waals surface area contributed by atoms with E-state index >= 15 is 0 Å². The van der Waals surface area contributed by atoms with Gasteiger partial charge < -0.3 is 0 Å². The number of fused-ring (bicyclic) bond motifs is 1. The molecule has 68 heavy (non-hydrogen) atoms. The zero-order chi connectivity index (χ0) is 45.7. The van der Waals surface area contributed by atoms with E-state index in [4.69, 9.17) is 0 Å². The topological polar surface area (TPSA) is 0 Å². The van der Waals surface area contributed by atoms with Crippen LogP contribution in [0.5, 0.6) is 0 Å². The fraction of sp³-hybridized carbons (Fsp3) is 0.0294. The number of rotatable bonds is 14. The molecule has 324 valence electrons. The lowest BCUT2D eigenvalue weighted by Crippen LogP contribution is -1.92. The van der Waals surface area contributed by atoms with Crippen molar-refractivity contribution < 1.29 is 0 Å². The summed E-state index contributed by atoms with van der Waals surface area (Å²) >= 11 is 0. The van der Waals surface area contributed by atoms with Gasteiger partial charge in [-0.2, -0.15) is 0 Å². The van der Waals surface area contributed by atoms with E-state index < -0.39 is 0 Å². The molecule has 0 aromatic heterocycles. The molecule has 0 bridgehead atoms. The Morgan fingerprint density at radius 3 is 0.897 bits per heavy atom. The summed E-state index contributed by atoms with van der Waals surface area (Å²) in [5, 5.41) is 2.43. The first kappa shape index (κ1) is 43.3. The third kappa shape index (κ3) is 10.7. The van der Waals surface area contributed by atoms with Gasteiger partial charge in [0.25, 0.3) is 0 Å². The summed E-state index contributed by atoms with van der Waals surface area (Å²) in [6, 6.07) is 91.7.